The Bertz CT molecular complexity index is 808. The summed E-state index contributed by atoms with van der Waals surface area (Å²) in [5, 5.41) is 9.81. The van der Waals surface area contributed by atoms with Crippen LogP contribution in [0.2, 0.25) is 5.02 Å². The Labute approximate surface area is 126 Å². The van der Waals surface area contributed by atoms with Crippen molar-refractivity contribution in [2.45, 2.75) is 12.8 Å². The lowest BCUT2D eigenvalue weighted by Gasteiger charge is -2.05. The standard InChI is InChI=1S/C16H12ClNO3/c1-9(16(19)20)12-3-2-4-13-14(12)21-15(18-13)10-5-7-11(17)8-6-10/h2-9H,1H3,(H,19,20)/t9-/m0/s1. The van der Waals surface area contributed by atoms with Gasteiger partial charge in [-0.25, -0.2) is 4.98 Å². The summed E-state index contributed by atoms with van der Waals surface area (Å²) in [4.78, 5) is 15.6. The van der Waals surface area contributed by atoms with E-state index in [1.165, 1.54) is 0 Å². The Morgan fingerprint density at radius 1 is 1.24 bits per heavy atom. The van der Waals surface area contributed by atoms with Crippen LogP contribution in [-0.2, 0) is 4.79 Å². The van der Waals surface area contributed by atoms with E-state index < -0.39 is 11.9 Å². The lowest BCUT2D eigenvalue weighted by atomic mass is 10.0. The van der Waals surface area contributed by atoms with E-state index in [2.05, 4.69) is 4.98 Å². The molecule has 1 aromatic heterocycles. The molecule has 0 radical (unpaired) electrons. The van der Waals surface area contributed by atoms with Crippen molar-refractivity contribution in [1.29, 1.82) is 0 Å². The lowest BCUT2D eigenvalue weighted by Crippen LogP contribution is -2.07. The number of rotatable bonds is 3. The molecule has 0 bridgehead atoms. The average Bonchev–Trinajstić information content (AvgIpc) is 2.90. The molecule has 21 heavy (non-hydrogen) atoms. The van der Waals surface area contributed by atoms with Crippen LogP contribution in [0.1, 0.15) is 18.4 Å². The first-order chi connectivity index (χ1) is 10.1. The number of nitrogens with zero attached hydrogens (tertiary/aromatic N) is 1. The number of para-hydroxylation sites is 1. The molecule has 0 aliphatic heterocycles. The fourth-order valence-corrected chi connectivity index (χ4v) is 2.29. The number of fused-ring (bicyclic) bond motifs is 1. The van der Waals surface area contributed by atoms with Gasteiger partial charge in [-0.3, -0.25) is 4.79 Å². The van der Waals surface area contributed by atoms with E-state index in [1.54, 1.807) is 37.3 Å². The van der Waals surface area contributed by atoms with Crippen molar-refractivity contribution in [3.8, 4) is 11.5 Å². The van der Waals surface area contributed by atoms with Gasteiger partial charge in [0.1, 0.15) is 5.52 Å². The highest BCUT2D eigenvalue weighted by molar-refractivity contribution is 6.30. The van der Waals surface area contributed by atoms with Crippen molar-refractivity contribution in [3.05, 3.63) is 53.1 Å². The number of aromatic nitrogens is 1. The minimum Gasteiger partial charge on any atom is -0.481 e. The SMILES string of the molecule is C[C@H](C(=O)O)c1cccc2nc(-c3ccc(Cl)cc3)oc12. The zero-order valence-electron chi connectivity index (χ0n) is 11.2. The van der Waals surface area contributed by atoms with Crippen molar-refractivity contribution in [3.63, 3.8) is 0 Å². The van der Waals surface area contributed by atoms with Crippen LogP contribution in [0.4, 0.5) is 0 Å². The number of carbonyl (C=O) groups is 1. The second kappa shape index (κ2) is 5.22. The molecule has 0 amide bonds. The Balaban J connectivity index is 2.14. The molecule has 1 atom stereocenters. The predicted molar refractivity (Wildman–Crippen MR) is 80.5 cm³/mol. The number of hydrogen-bond acceptors (Lipinski definition) is 3. The van der Waals surface area contributed by atoms with Gasteiger partial charge in [0, 0.05) is 16.1 Å². The van der Waals surface area contributed by atoms with Crippen molar-refractivity contribution in [2.75, 3.05) is 0 Å². The fourth-order valence-electron chi connectivity index (χ4n) is 2.16. The normalized spacial score (nSPS) is 12.5. The Morgan fingerprint density at radius 3 is 2.62 bits per heavy atom. The monoisotopic (exact) mass is 301 g/mol. The van der Waals surface area contributed by atoms with Crippen LogP contribution in [0.3, 0.4) is 0 Å². The molecule has 0 saturated heterocycles. The topological polar surface area (TPSA) is 63.3 Å². The maximum Gasteiger partial charge on any atom is 0.310 e. The molecule has 0 aliphatic rings. The minimum atomic E-state index is -0.896. The number of oxazole rings is 1. The summed E-state index contributed by atoms with van der Waals surface area (Å²) in [5.74, 6) is -1.10. The van der Waals surface area contributed by atoms with Crippen molar-refractivity contribution in [2.24, 2.45) is 0 Å². The number of halogens is 1. The summed E-state index contributed by atoms with van der Waals surface area (Å²) in [5.41, 5.74) is 2.57. The summed E-state index contributed by atoms with van der Waals surface area (Å²) in [6, 6.07) is 12.5. The van der Waals surface area contributed by atoms with Crippen LogP contribution in [0.5, 0.6) is 0 Å². The first-order valence-electron chi connectivity index (χ1n) is 6.44. The third-order valence-electron chi connectivity index (χ3n) is 3.37. The molecule has 0 spiro atoms. The number of hydrogen-bond donors (Lipinski definition) is 1. The van der Waals surface area contributed by atoms with E-state index in [4.69, 9.17) is 16.0 Å². The van der Waals surface area contributed by atoms with Gasteiger partial charge in [-0.1, -0.05) is 23.7 Å². The summed E-state index contributed by atoms with van der Waals surface area (Å²) in [7, 11) is 0. The minimum absolute atomic E-state index is 0.451. The summed E-state index contributed by atoms with van der Waals surface area (Å²) >= 11 is 5.86. The van der Waals surface area contributed by atoms with Crippen LogP contribution in [0.15, 0.2) is 46.9 Å². The Morgan fingerprint density at radius 2 is 1.95 bits per heavy atom. The molecule has 4 nitrogen and oxygen atoms in total. The number of carboxylic acid groups (broad SMARTS) is 1. The molecular formula is C16H12ClNO3. The number of benzene rings is 2. The van der Waals surface area contributed by atoms with Gasteiger partial charge in [0.15, 0.2) is 5.58 Å². The van der Waals surface area contributed by atoms with Gasteiger partial charge in [-0.05, 0) is 37.3 Å². The quantitative estimate of drug-likeness (QED) is 0.781. The molecular weight excluding hydrogens is 290 g/mol. The van der Waals surface area contributed by atoms with E-state index in [0.717, 1.165) is 5.56 Å². The highest BCUT2D eigenvalue weighted by Gasteiger charge is 2.20. The van der Waals surface area contributed by atoms with Gasteiger partial charge in [-0.2, -0.15) is 0 Å². The molecule has 3 aromatic rings. The first kappa shape index (κ1) is 13.6. The summed E-state index contributed by atoms with van der Waals surface area (Å²) in [6.45, 7) is 1.63. The van der Waals surface area contributed by atoms with E-state index in [-0.39, 0.29) is 0 Å². The van der Waals surface area contributed by atoms with E-state index in [9.17, 15) is 9.90 Å². The van der Waals surface area contributed by atoms with Crippen LogP contribution in [-0.4, -0.2) is 16.1 Å². The van der Waals surface area contributed by atoms with E-state index in [1.807, 2.05) is 12.1 Å². The van der Waals surface area contributed by atoms with Crippen LogP contribution in [0.25, 0.3) is 22.6 Å². The van der Waals surface area contributed by atoms with Crippen molar-refractivity contribution >= 4 is 28.7 Å². The second-order valence-corrected chi connectivity index (χ2v) is 5.22. The fraction of sp³-hybridized carbons (Fsp3) is 0.125. The van der Waals surface area contributed by atoms with Gasteiger partial charge in [0.25, 0.3) is 0 Å². The third kappa shape index (κ3) is 2.50. The van der Waals surface area contributed by atoms with Gasteiger partial charge in [0.2, 0.25) is 5.89 Å². The number of aliphatic carboxylic acids is 1. The zero-order chi connectivity index (χ0) is 15.0. The van der Waals surface area contributed by atoms with Gasteiger partial charge < -0.3 is 9.52 Å². The Hall–Kier alpha value is -2.33. The van der Waals surface area contributed by atoms with Crippen LogP contribution in [0, 0.1) is 0 Å². The molecule has 3 rings (SSSR count). The largest absolute Gasteiger partial charge is 0.481 e. The smallest absolute Gasteiger partial charge is 0.310 e. The predicted octanol–water partition coefficient (Wildman–Crippen LogP) is 4.34. The van der Waals surface area contributed by atoms with Crippen molar-refractivity contribution in [1.82, 2.24) is 4.98 Å². The highest BCUT2D eigenvalue weighted by atomic mass is 35.5. The molecule has 0 saturated carbocycles. The van der Waals surface area contributed by atoms with Crippen LogP contribution < -0.4 is 0 Å². The van der Waals surface area contributed by atoms with E-state index >= 15 is 0 Å². The van der Waals surface area contributed by atoms with Gasteiger partial charge in [0.05, 0.1) is 5.92 Å². The molecule has 0 aliphatic carbocycles. The molecule has 0 fully saturated rings. The molecule has 106 valence electrons. The molecule has 1 N–H and O–H groups in total. The molecule has 5 heteroatoms. The molecule has 2 aromatic carbocycles. The highest BCUT2D eigenvalue weighted by Crippen LogP contribution is 2.30. The molecule has 0 unspecified atom stereocenters. The maximum atomic E-state index is 11.2. The maximum absolute atomic E-state index is 11.2. The second-order valence-electron chi connectivity index (χ2n) is 4.78. The van der Waals surface area contributed by atoms with Crippen molar-refractivity contribution < 1.29 is 14.3 Å². The van der Waals surface area contributed by atoms with Crippen LogP contribution >= 0.6 is 11.6 Å². The Kier molecular flexibility index (Phi) is 3.39. The first-order valence-corrected chi connectivity index (χ1v) is 6.82. The third-order valence-corrected chi connectivity index (χ3v) is 3.63. The zero-order valence-corrected chi connectivity index (χ0v) is 12.0. The molecule has 1 heterocycles. The number of carboxylic acids is 1. The van der Waals surface area contributed by atoms with E-state index in [0.29, 0.717) is 27.6 Å². The van der Waals surface area contributed by atoms with Gasteiger partial charge in [-0.15, -0.1) is 0 Å². The summed E-state index contributed by atoms with van der Waals surface area (Å²) < 4.78 is 5.78. The average molecular weight is 302 g/mol. The summed E-state index contributed by atoms with van der Waals surface area (Å²) in [6.07, 6.45) is 0. The van der Waals surface area contributed by atoms with Gasteiger partial charge >= 0.3 is 5.97 Å². The lowest BCUT2D eigenvalue weighted by molar-refractivity contribution is -0.138.